The number of hydrogen-bond acceptors (Lipinski definition) is 4. The maximum Gasteiger partial charge on any atom is 0.245 e. The van der Waals surface area contributed by atoms with E-state index in [-0.39, 0.29) is 12.5 Å². The molecule has 0 saturated carbocycles. The summed E-state index contributed by atoms with van der Waals surface area (Å²) in [4.78, 5) is 18.3. The van der Waals surface area contributed by atoms with E-state index in [1.807, 2.05) is 41.2 Å². The van der Waals surface area contributed by atoms with Crippen LogP contribution in [0, 0.1) is 0 Å². The van der Waals surface area contributed by atoms with Gasteiger partial charge in [0.1, 0.15) is 6.54 Å². The van der Waals surface area contributed by atoms with Crippen LogP contribution in [0.1, 0.15) is 0 Å². The van der Waals surface area contributed by atoms with Crippen LogP contribution < -0.4 is 5.32 Å². The molecule has 1 N–H and O–H groups in total. The van der Waals surface area contributed by atoms with Crippen LogP contribution in [0.5, 0.6) is 0 Å². The van der Waals surface area contributed by atoms with Gasteiger partial charge in [0.15, 0.2) is 5.82 Å². The highest BCUT2D eigenvalue weighted by atomic mass is 16.2. The lowest BCUT2D eigenvalue weighted by molar-refractivity contribution is -0.116. The second-order valence-corrected chi connectivity index (χ2v) is 6.87. The van der Waals surface area contributed by atoms with Gasteiger partial charge in [0.25, 0.3) is 0 Å². The SMILES string of the molecule is Cn1ncc(NC(=O)Cn2ccc3cc(-c4cccc5cccnc45)ccc32)n1. The van der Waals surface area contributed by atoms with Gasteiger partial charge in [-0.3, -0.25) is 9.78 Å². The van der Waals surface area contributed by atoms with Crippen molar-refractivity contribution in [1.29, 1.82) is 0 Å². The largest absolute Gasteiger partial charge is 0.338 e. The number of anilines is 1. The summed E-state index contributed by atoms with van der Waals surface area (Å²) in [5.74, 6) is 0.296. The molecule has 29 heavy (non-hydrogen) atoms. The Hall–Kier alpha value is -4.00. The van der Waals surface area contributed by atoms with E-state index in [4.69, 9.17) is 0 Å². The van der Waals surface area contributed by atoms with Gasteiger partial charge in [-0.15, -0.1) is 5.10 Å². The number of aryl methyl sites for hydroxylation is 1. The first-order valence-corrected chi connectivity index (χ1v) is 9.26. The maximum absolute atomic E-state index is 12.4. The van der Waals surface area contributed by atoms with Crippen LogP contribution in [0.15, 0.2) is 73.2 Å². The molecular weight excluding hydrogens is 364 g/mol. The van der Waals surface area contributed by atoms with E-state index < -0.39 is 0 Å². The fourth-order valence-corrected chi connectivity index (χ4v) is 3.58. The molecule has 0 unspecified atom stereocenters. The summed E-state index contributed by atoms with van der Waals surface area (Å²) in [5, 5.41) is 13.0. The minimum atomic E-state index is -0.148. The Balaban J connectivity index is 1.44. The number of aromatic nitrogens is 5. The molecule has 5 rings (SSSR count). The first kappa shape index (κ1) is 17.1. The van der Waals surface area contributed by atoms with Gasteiger partial charge in [0.2, 0.25) is 5.91 Å². The molecule has 0 saturated heterocycles. The third kappa shape index (κ3) is 3.23. The molecule has 0 aliphatic rings. The van der Waals surface area contributed by atoms with Crippen molar-refractivity contribution in [3.8, 4) is 11.1 Å². The fraction of sp³-hybridized carbons (Fsp3) is 0.0909. The second-order valence-electron chi connectivity index (χ2n) is 6.87. The number of carbonyl (C=O) groups is 1. The van der Waals surface area contributed by atoms with Gasteiger partial charge < -0.3 is 9.88 Å². The zero-order valence-corrected chi connectivity index (χ0v) is 15.8. The minimum absolute atomic E-state index is 0.148. The number of carbonyl (C=O) groups excluding carboxylic acids is 1. The van der Waals surface area contributed by atoms with E-state index in [1.165, 1.54) is 11.0 Å². The molecule has 0 aliphatic carbocycles. The first-order valence-electron chi connectivity index (χ1n) is 9.26. The minimum Gasteiger partial charge on any atom is -0.338 e. The average Bonchev–Trinajstić information content (AvgIpc) is 3.33. The number of rotatable bonds is 4. The summed E-state index contributed by atoms with van der Waals surface area (Å²) in [6.45, 7) is 0.204. The van der Waals surface area contributed by atoms with Gasteiger partial charge in [-0.05, 0) is 29.8 Å². The molecule has 3 aromatic heterocycles. The molecule has 0 fully saturated rings. The second kappa shape index (κ2) is 6.87. The zero-order valence-electron chi connectivity index (χ0n) is 15.8. The molecule has 7 nitrogen and oxygen atoms in total. The Bertz CT molecular complexity index is 1340. The van der Waals surface area contributed by atoms with E-state index >= 15 is 0 Å². The number of para-hydroxylation sites is 1. The summed E-state index contributed by atoms with van der Waals surface area (Å²) >= 11 is 0. The molecule has 142 valence electrons. The van der Waals surface area contributed by atoms with E-state index in [2.05, 4.69) is 50.8 Å². The molecule has 3 heterocycles. The van der Waals surface area contributed by atoms with Crippen LogP contribution in [0.25, 0.3) is 32.9 Å². The lowest BCUT2D eigenvalue weighted by Gasteiger charge is -2.08. The highest BCUT2D eigenvalue weighted by Crippen LogP contribution is 2.30. The summed E-state index contributed by atoms with van der Waals surface area (Å²) in [7, 11) is 1.71. The topological polar surface area (TPSA) is 77.6 Å². The Kier molecular flexibility index (Phi) is 4.05. The van der Waals surface area contributed by atoms with Crippen LogP contribution in [0.2, 0.25) is 0 Å². The number of fused-ring (bicyclic) bond motifs is 2. The number of nitrogens with one attached hydrogen (secondary N) is 1. The van der Waals surface area contributed by atoms with Crippen molar-refractivity contribution in [1.82, 2.24) is 24.5 Å². The van der Waals surface area contributed by atoms with Crippen molar-refractivity contribution >= 4 is 33.5 Å². The predicted octanol–water partition coefficient (Wildman–Crippen LogP) is 3.62. The summed E-state index contributed by atoms with van der Waals surface area (Å²) in [6, 6.07) is 18.5. The molecule has 7 heteroatoms. The Morgan fingerprint density at radius 2 is 1.97 bits per heavy atom. The van der Waals surface area contributed by atoms with E-state index in [0.717, 1.165) is 32.9 Å². The molecule has 0 spiro atoms. The molecule has 1 amide bonds. The quantitative estimate of drug-likeness (QED) is 0.515. The van der Waals surface area contributed by atoms with Gasteiger partial charge in [0, 0.05) is 41.3 Å². The standard InChI is InChI=1S/C22H18N6O/c1-27-24-13-20(26-27)25-21(29)14-28-11-9-17-12-16(7-8-19(17)28)18-6-2-4-15-5-3-10-23-22(15)18/h2-13H,14H2,1H3,(H,25,26,29). The van der Waals surface area contributed by atoms with E-state index in [0.29, 0.717) is 5.82 Å². The van der Waals surface area contributed by atoms with Gasteiger partial charge in [-0.1, -0.05) is 30.3 Å². The van der Waals surface area contributed by atoms with Crippen LogP contribution in [-0.4, -0.2) is 30.5 Å². The average molecular weight is 382 g/mol. The first-order chi connectivity index (χ1) is 14.2. The summed E-state index contributed by atoms with van der Waals surface area (Å²) < 4.78 is 1.92. The number of pyridine rings is 1. The Morgan fingerprint density at radius 3 is 2.83 bits per heavy atom. The monoisotopic (exact) mass is 382 g/mol. The van der Waals surface area contributed by atoms with Gasteiger partial charge in [0.05, 0.1) is 11.7 Å². The third-order valence-corrected chi connectivity index (χ3v) is 4.90. The molecule has 0 atom stereocenters. The molecule has 5 aromatic rings. The van der Waals surface area contributed by atoms with Crippen LogP contribution in [0.4, 0.5) is 5.82 Å². The van der Waals surface area contributed by atoms with Crippen molar-refractivity contribution in [2.24, 2.45) is 7.05 Å². The van der Waals surface area contributed by atoms with Crippen LogP contribution in [0.3, 0.4) is 0 Å². The maximum atomic E-state index is 12.4. The van der Waals surface area contributed by atoms with Gasteiger partial charge >= 0.3 is 0 Å². The third-order valence-electron chi connectivity index (χ3n) is 4.90. The van der Waals surface area contributed by atoms with Crippen molar-refractivity contribution < 1.29 is 4.79 Å². The van der Waals surface area contributed by atoms with Crippen molar-refractivity contribution in [2.45, 2.75) is 6.54 Å². The zero-order chi connectivity index (χ0) is 19.8. The van der Waals surface area contributed by atoms with Gasteiger partial charge in [-0.25, -0.2) is 0 Å². The van der Waals surface area contributed by atoms with Crippen LogP contribution >= 0.6 is 0 Å². The Morgan fingerprint density at radius 1 is 1.07 bits per heavy atom. The number of nitrogens with zero attached hydrogens (tertiary/aromatic N) is 5. The van der Waals surface area contributed by atoms with E-state index in [9.17, 15) is 4.79 Å². The molecular formula is C22H18N6O. The lowest BCUT2D eigenvalue weighted by Crippen LogP contribution is -2.18. The summed E-state index contributed by atoms with van der Waals surface area (Å²) in [6.07, 6.45) is 5.26. The van der Waals surface area contributed by atoms with Crippen LogP contribution in [-0.2, 0) is 18.4 Å². The molecule has 2 aromatic carbocycles. The smallest absolute Gasteiger partial charge is 0.245 e. The number of benzene rings is 2. The van der Waals surface area contributed by atoms with E-state index in [1.54, 1.807) is 7.05 Å². The molecule has 0 bridgehead atoms. The highest BCUT2D eigenvalue weighted by molar-refractivity contribution is 5.97. The summed E-state index contributed by atoms with van der Waals surface area (Å²) in [5.41, 5.74) is 4.18. The predicted molar refractivity (Wildman–Crippen MR) is 112 cm³/mol. The highest BCUT2D eigenvalue weighted by Gasteiger charge is 2.10. The van der Waals surface area contributed by atoms with Gasteiger partial charge in [-0.2, -0.15) is 9.90 Å². The van der Waals surface area contributed by atoms with Crippen molar-refractivity contribution in [2.75, 3.05) is 5.32 Å². The van der Waals surface area contributed by atoms with Crippen molar-refractivity contribution in [3.05, 3.63) is 73.2 Å². The van der Waals surface area contributed by atoms with Crippen molar-refractivity contribution in [3.63, 3.8) is 0 Å². The number of amides is 1. The number of hydrogen-bond donors (Lipinski definition) is 1. The lowest BCUT2D eigenvalue weighted by atomic mass is 10.0. The fourth-order valence-electron chi connectivity index (χ4n) is 3.58. The normalized spacial score (nSPS) is 11.2. The molecule has 0 radical (unpaired) electrons. The Labute approximate surface area is 166 Å². The molecule has 0 aliphatic heterocycles.